The van der Waals surface area contributed by atoms with E-state index in [0.29, 0.717) is 5.56 Å². The van der Waals surface area contributed by atoms with Crippen LogP contribution in [-0.2, 0) is 6.42 Å². The molecule has 0 saturated heterocycles. The maximum absolute atomic E-state index is 9.26. The van der Waals surface area contributed by atoms with E-state index in [4.69, 9.17) is 4.98 Å². The third kappa shape index (κ3) is 3.39. The van der Waals surface area contributed by atoms with Crippen molar-refractivity contribution in [2.75, 3.05) is 0 Å². The number of para-hydroxylation sites is 1. The summed E-state index contributed by atoms with van der Waals surface area (Å²) in [4.78, 5) is 9.42. The van der Waals surface area contributed by atoms with E-state index in [1.165, 1.54) is 5.56 Å². The van der Waals surface area contributed by atoms with Crippen LogP contribution in [0, 0.1) is 11.3 Å². The SMILES string of the molecule is CCCc1cn(-c2ccc(C#N)c(Br)c2)c2nccc(-c3cnc4ccccc4c3)c12. The largest absolute Gasteiger partial charge is 0.301 e. The number of pyridine rings is 2. The summed E-state index contributed by atoms with van der Waals surface area (Å²) in [5, 5.41) is 11.5. The molecule has 5 heteroatoms. The fourth-order valence-corrected chi connectivity index (χ4v) is 4.55. The molecule has 3 heterocycles. The summed E-state index contributed by atoms with van der Waals surface area (Å²) in [5.41, 5.74) is 6.97. The van der Waals surface area contributed by atoms with Gasteiger partial charge < -0.3 is 4.57 Å². The molecule has 3 aromatic heterocycles. The maximum Gasteiger partial charge on any atom is 0.145 e. The Kier molecular flexibility index (Phi) is 5.01. The fraction of sp³-hybridized carbons (Fsp3) is 0.115. The van der Waals surface area contributed by atoms with Gasteiger partial charge in [0.2, 0.25) is 0 Å². The lowest BCUT2D eigenvalue weighted by molar-refractivity contribution is 0.922. The van der Waals surface area contributed by atoms with Crippen molar-refractivity contribution in [3.05, 3.63) is 88.8 Å². The highest BCUT2D eigenvalue weighted by Gasteiger charge is 2.16. The molecule has 5 rings (SSSR count). The Labute approximate surface area is 188 Å². The summed E-state index contributed by atoms with van der Waals surface area (Å²) in [7, 11) is 0. The van der Waals surface area contributed by atoms with Crippen LogP contribution in [0.15, 0.2) is 77.7 Å². The van der Waals surface area contributed by atoms with Gasteiger partial charge in [0.05, 0.1) is 11.1 Å². The van der Waals surface area contributed by atoms with Crippen LogP contribution in [0.1, 0.15) is 24.5 Å². The first-order chi connectivity index (χ1) is 15.2. The number of benzene rings is 2. The summed E-state index contributed by atoms with van der Waals surface area (Å²) in [5.74, 6) is 0. The van der Waals surface area contributed by atoms with Gasteiger partial charge in [-0.25, -0.2) is 4.98 Å². The Morgan fingerprint density at radius 1 is 1.06 bits per heavy atom. The number of nitrogens with zero attached hydrogens (tertiary/aromatic N) is 4. The van der Waals surface area contributed by atoms with E-state index in [0.717, 1.165) is 56.1 Å². The second-order valence-electron chi connectivity index (χ2n) is 7.52. The van der Waals surface area contributed by atoms with Crippen LogP contribution in [-0.4, -0.2) is 14.5 Å². The van der Waals surface area contributed by atoms with E-state index < -0.39 is 0 Å². The van der Waals surface area contributed by atoms with Gasteiger partial charge in [-0.3, -0.25) is 4.98 Å². The molecular weight excluding hydrogens is 448 g/mol. The van der Waals surface area contributed by atoms with Gasteiger partial charge in [0.1, 0.15) is 11.7 Å². The first kappa shape index (κ1) is 19.5. The molecular formula is C26H19BrN4. The van der Waals surface area contributed by atoms with E-state index in [2.05, 4.69) is 62.9 Å². The van der Waals surface area contributed by atoms with Gasteiger partial charge in [-0.15, -0.1) is 0 Å². The molecule has 0 aliphatic carbocycles. The molecule has 0 amide bonds. The Morgan fingerprint density at radius 2 is 1.94 bits per heavy atom. The second kappa shape index (κ2) is 7.98. The van der Waals surface area contributed by atoms with Crippen LogP contribution in [0.4, 0.5) is 0 Å². The zero-order valence-corrected chi connectivity index (χ0v) is 18.6. The van der Waals surface area contributed by atoms with Gasteiger partial charge in [-0.2, -0.15) is 5.26 Å². The van der Waals surface area contributed by atoms with Crippen molar-refractivity contribution in [2.45, 2.75) is 19.8 Å². The van der Waals surface area contributed by atoms with Gasteiger partial charge in [-0.05, 0) is 69.9 Å². The standard InChI is InChI=1S/C26H19BrN4/c1-2-5-19-16-31(21-9-8-18(14-28)23(27)13-21)26-25(19)22(10-11-29-26)20-12-17-6-3-4-7-24(17)30-15-20/h3-4,6-13,15-16H,2,5H2,1H3. The van der Waals surface area contributed by atoms with Gasteiger partial charge in [0, 0.05) is 45.1 Å². The topological polar surface area (TPSA) is 54.5 Å². The van der Waals surface area contributed by atoms with Crippen molar-refractivity contribution in [3.63, 3.8) is 0 Å². The monoisotopic (exact) mass is 466 g/mol. The molecule has 0 N–H and O–H groups in total. The van der Waals surface area contributed by atoms with Crippen LogP contribution < -0.4 is 0 Å². The van der Waals surface area contributed by atoms with E-state index in [-0.39, 0.29) is 0 Å². The van der Waals surface area contributed by atoms with Crippen LogP contribution in [0.3, 0.4) is 0 Å². The summed E-state index contributed by atoms with van der Waals surface area (Å²) >= 11 is 3.52. The first-order valence-electron chi connectivity index (χ1n) is 10.2. The van der Waals surface area contributed by atoms with Crippen molar-refractivity contribution < 1.29 is 0 Å². The van der Waals surface area contributed by atoms with Crippen molar-refractivity contribution in [1.29, 1.82) is 5.26 Å². The number of halogens is 1. The van der Waals surface area contributed by atoms with Gasteiger partial charge in [0.15, 0.2) is 0 Å². The lowest BCUT2D eigenvalue weighted by Crippen LogP contribution is -1.95. The Bertz CT molecular complexity index is 1480. The molecule has 5 aromatic rings. The van der Waals surface area contributed by atoms with Gasteiger partial charge >= 0.3 is 0 Å². The molecule has 0 unspecified atom stereocenters. The summed E-state index contributed by atoms with van der Waals surface area (Å²) < 4.78 is 2.89. The third-order valence-electron chi connectivity index (χ3n) is 5.54. The number of fused-ring (bicyclic) bond motifs is 2. The molecule has 4 nitrogen and oxygen atoms in total. The quantitative estimate of drug-likeness (QED) is 0.291. The van der Waals surface area contributed by atoms with Crippen molar-refractivity contribution >= 4 is 37.9 Å². The van der Waals surface area contributed by atoms with Crippen LogP contribution in [0.5, 0.6) is 0 Å². The molecule has 150 valence electrons. The lowest BCUT2D eigenvalue weighted by Gasteiger charge is -2.09. The normalized spacial score (nSPS) is 11.1. The predicted molar refractivity (Wildman–Crippen MR) is 128 cm³/mol. The van der Waals surface area contributed by atoms with Gasteiger partial charge in [-0.1, -0.05) is 31.5 Å². The average molecular weight is 467 g/mol. The minimum Gasteiger partial charge on any atom is -0.301 e. The molecule has 0 atom stereocenters. The number of rotatable bonds is 4. The lowest BCUT2D eigenvalue weighted by atomic mass is 10.00. The van der Waals surface area contributed by atoms with Crippen LogP contribution >= 0.6 is 15.9 Å². The number of hydrogen-bond acceptors (Lipinski definition) is 3. The van der Waals surface area contributed by atoms with Crippen molar-refractivity contribution in [2.24, 2.45) is 0 Å². The zero-order chi connectivity index (χ0) is 21.4. The molecule has 0 bridgehead atoms. The molecule has 0 fully saturated rings. The molecule has 0 aliphatic rings. The summed E-state index contributed by atoms with van der Waals surface area (Å²) in [6, 6.07) is 20.4. The second-order valence-corrected chi connectivity index (χ2v) is 8.38. The zero-order valence-electron chi connectivity index (χ0n) is 17.0. The Morgan fingerprint density at radius 3 is 2.74 bits per heavy atom. The first-order valence-corrected chi connectivity index (χ1v) is 11.0. The highest BCUT2D eigenvalue weighted by atomic mass is 79.9. The minimum absolute atomic E-state index is 0.616. The number of aryl methyl sites for hydroxylation is 1. The van der Waals surface area contributed by atoms with Crippen molar-refractivity contribution in [1.82, 2.24) is 14.5 Å². The Hall–Kier alpha value is -3.49. The highest BCUT2D eigenvalue weighted by molar-refractivity contribution is 9.10. The van der Waals surface area contributed by atoms with E-state index in [1.807, 2.05) is 48.8 Å². The number of hydrogen-bond donors (Lipinski definition) is 0. The fourth-order valence-electron chi connectivity index (χ4n) is 4.09. The summed E-state index contributed by atoms with van der Waals surface area (Å²) in [6.07, 6.45) is 7.98. The molecule has 0 aliphatic heterocycles. The molecule has 0 spiro atoms. The highest BCUT2D eigenvalue weighted by Crippen LogP contribution is 2.35. The smallest absolute Gasteiger partial charge is 0.145 e. The number of aromatic nitrogens is 3. The molecule has 2 aromatic carbocycles. The third-order valence-corrected chi connectivity index (χ3v) is 6.19. The summed E-state index contributed by atoms with van der Waals surface area (Å²) in [6.45, 7) is 2.19. The Balaban J connectivity index is 1.75. The van der Waals surface area contributed by atoms with Crippen molar-refractivity contribution in [3.8, 4) is 22.9 Å². The minimum atomic E-state index is 0.616. The van der Waals surface area contributed by atoms with E-state index in [1.54, 1.807) is 0 Å². The molecule has 0 saturated carbocycles. The van der Waals surface area contributed by atoms with Gasteiger partial charge in [0.25, 0.3) is 0 Å². The van der Waals surface area contributed by atoms with E-state index >= 15 is 0 Å². The number of nitriles is 1. The molecule has 0 radical (unpaired) electrons. The van der Waals surface area contributed by atoms with Crippen LogP contribution in [0.2, 0.25) is 0 Å². The van der Waals surface area contributed by atoms with E-state index in [9.17, 15) is 5.26 Å². The predicted octanol–water partition coefficient (Wildman–Crippen LogP) is 6.83. The maximum atomic E-state index is 9.26. The van der Waals surface area contributed by atoms with Crippen LogP contribution in [0.25, 0.3) is 38.8 Å². The average Bonchev–Trinajstić information content (AvgIpc) is 3.17. The molecule has 31 heavy (non-hydrogen) atoms.